The van der Waals surface area contributed by atoms with E-state index in [-0.39, 0.29) is 12.4 Å². The molecule has 0 N–H and O–H groups in total. The molecule has 0 aliphatic carbocycles. The van der Waals surface area contributed by atoms with Gasteiger partial charge in [0, 0.05) is 10.3 Å². The first kappa shape index (κ1) is 15.6. The van der Waals surface area contributed by atoms with Gasteiger partial charge in [0.1, 0.15) is 18.0 Å². The zero-order valence-corrected chi connectivity index (χ0v) is 12.7. The summed E-state index contributed by atoms with van der Waals surface area (Å²) in [6, 6.07) is 12.8. The Balaban J connectivity index is 1.52. The minimum atomic E-state index is -0.939. The summed E-state index contributed by atoms with van der Waals surface area (Å²) in [7, 11) is 0. The van der Waals surface area contributed by atoms with E-state index in [1.807, 2.05) is 30.3 Å². The monoisotopic (exact) mass is 334 g/mol. The molecule has 0 fully saturated rings. The van der Waals surface area contributed by atoms with Crippen molar-refractivity contribution < 1.29 is 22.7 Å². The van der Waals surface area contributed by atoms with Crippen molar-refractivity contribution in [3.63, 3.8) is 0 Å². The van der Waals surface area contributed by atoms with Gasteiger partial charge in [-0.05, 0) is 30.3 Å². The van der Waals surface area contributed by atoms with Gasteiger partial charge in [0.25, 0.3) is 0 Å². The van der Waals surface area contributed by atoms with Gasteiger partial charge < -0.3 is 9.15 Å². The van der Waals surface area contributed by atoms with Crippen molar-refractivity contribution in [1.82, 2.24) is 0 Å². The molecular formula is C17H12F2O3S. The molecule has 0 saturated carbocycles. The lowest BCUT2D eigenvalue weighted by Gasteiger charge is -2.03. The minimum absolute atomic E-state index is 0.00526. The third-order valence-corrected chi connectivity index (χ3v) is 4.07. The number of benzene rings is 2. The third-order valence-electron chi connectivity index (χ3n) is 3.10. The lowest BCUT2D eigenvalue weighted by Crippen LogP contribution is -2.06. The van der Waals surface area contributed by atoms with Crippen LogP contribution in [0.15, 0.2) is 57.8 Å². The largest absolute Gasteiger partial charge is 0.457 e. The predicted octanol–water partition coefficient (Wildman–Crippen LogP) is 4.55. The summed E-state index contributed by atoms with van der Waals surface area (Å²) in [5, 5.41) is 0.940. The van der Waals surface area contributed by atoms with Crippen LogP contribution in [0.1, 0.15) is 5.76 Å². The molecule has 2 aromatic carbocycles. The molecule has 0 aliphatic rings. The maximum absolute atomic E-state index is 13.1. The summed E-state index contributed by atoms with van der Waals surface area (Å²) in [4.78, 5) is 12.2. The number of furan rings is 1. The lowest BCUT2D eigenvalue weighted by molar-refractivity contribution is -0.142. The van der Waals surface area contributed by atoms with Crippen molar-refractivity contribution in [2.75, 3.05) is 5.75 Å². The van der Waals surface area contributed by atoms with Crippen LogP contribution < -0.4 is 0 Å². The van der Waals surface area contributed by atoms with E-state index >= 15 is 0 Å². The third kappa shape index (κ3) is 3.90. The first-order valence-electron chi connectivity index (χ1n) is 6.83. The second kappa shape index (κ2) is 6.83. The highest BCUT2D eigenvalue weighted by Gasteiger charge is 2.09. The van der Waals surface area contributed by atoms with E-state index in [9.17, 15) is 13.6 Å². The first-order chi connectivity index (χ1) is 11.1. The number of fused-ring (bicyclic) bond motifs is 1. The second-order valence-electron chi connectivity index (χ2n) is 4.78. The normalized spacial score (nSPS) is 10.9. The van der Waals surface area contributed by atoms with Crippen molar-refractivity contribution in [3.05, 3.63) is 65.9 Å². The molecule has 0 amide bonds. The van der Waals surface area contributed by atoms with E-state index in [1.54, 1.807) is 0 Å². The van der Waals surface area contributed by atoms with Crippen LogP contribution in [0.3, 0.4) is 0 Å². The maximum atomic E-state index is 13.1. The van der Waals surface area contributed by atoms with E-state index in [0.717, 1.165) is 34.9 Å². The number of carbonyl (C=O) groups is 1. The fourth-order valence-corrected chi connectivity index (χ4v) is 2.73. The molecule has 1 aromatic heterocycles. The van der Waals surface area contributed by atoms with Gasteiger partial charge in [-0.25, -0.2) is 8.78 Å². The Morgan fingerprint density at radius 3 is 2.70 bits per heavy atom. The van der Waals surface area contributed by atoms with Crippen LogP contribution in [-0.2, 0) is 16.1 Å². The summed E-state index contributed by atoms with van der Waals surface area (Å²) < 4.78 is 36.5. The van der Waals surface area contributed by atoms with Crippen LogP contribution >= 0.6 is 11.8 Å². The SMILES string of the molecule is O=C(CSc1ccc(F)c(F)c1)OCc1cc2ccccc2o1. The van der Waals surface area contributed by atoms with E-state index < -0.39 is 17.6 Å². The molecule has 3 aromatic rings. The first-order valence-corrected chi connectivity index (χ1v) is 7.81. The Kier molecular flexibility index (Phi) is 4.62. The average molecular weight is 334 g/mol. The Hall–Kier alpha value is -2.34. The van der Waals surface area contributed by atoms with Gasteiger partial charge in [0.05, 0.1) is 5.75 Å². The molecule has 1 heterocycles. The molecule has 0 atom stereocenters. The topological polar surface area (TPSA) is 39.4 Å². The fraction of sp³-hybridized carbons (Fsp3) is 0.118. The van der Waals surface area contributed by atoms with Crippen LogP contribution in [0.2, 0.25) is 0 Å². The number of carbonyl (C=O) groups excluding carboxylic acids is 1. The Morgan fingerprint density at radius 2 is 1.91 bits per heavy atom. The number of para-hydroxylation sites is 1. The summed E-state index contributed by atoms with van der Waals surface area (Å²) in [6.07, 6.45) is 0. The van der Waals surface area contributed by atoms with Gasteiger partial charge in [-0.3, -0.25) is 4.79 Å². The van der Waals surface area contributed by atoms with E-state index in [4.69, 9.17) is 9.15 Å². The minimum Gasteiger partial charge on any atom is -0.457 e. The second-order valence-corrected chi connectivity index (χ2v) is 5.82. The molecule has 0 radical (unpaired) electrons. The molecule has 23 heavy (non-hydrogen) atoms. The van der Waals surface area contributed by atoms with Gasteiger partial charge >= 0.3 is 5.97 Å². The average Bonchev–Trinajstić information content (AvgIpc) is 2.97. The summed E-state index contributed by atoms with van der Waals surface area (Å²) in [6.45, 7) is 0.0336. The zero-order valence-electron chi connectivity index (χ0n) is 11.9. The van der Waals surface area contributed by atoms with E-state index in [1.165, 1.54) is 6.07 Å². The van der Waals surface area contributed by atoms with Gasteiger partial charge in [-0.15, -0.1) is 11.8 Å². The Morgan fingerprint density at radius 1 is 1.09 bits per heavy atom. The fourth-order valence-electron chi connectivity index (χ4n) is 2.01. The van der Waals surface area contributed by atoms with Crippen LogP contribution in [-0.4, -0.2) is 11.7 Å². The number of halogens is 2. The van der Waals surface area contributed by atoms with Crippen molar-refractivity contribution >= 4 is 28.7 Å². The highest BCUT2D eigenvalue weighted by atomic mass is 32.2. The molecule has 0 spiro atoms. The van der Waals surface area contributed by atoms with Crippen LogP contribution in [0.4, 0.5) is 8.78 Å². The number of ether oxygens (including phenoxy) is 1. The molecule has 0 unspecified atom stereocenters. The molecule has 0 saturated heterocycles. The van der Waals surface area contributed by atoms with Gasteiger partial charge in [-0.1, -0.05) is 18.2 Å². The highest BCUT2D eigenvalue weighted by molar-refractivity contribution is 8.00. The quantitative estimate of drug-likeness (QED) is 0.507. The van der Waals surface area contributed by atoms with Crippen LogP contribution in [0, 0.1) is 11.6 Å². The van der Waals surface area contributed by atoms with Gasteiger partial charge in [-0.2, -0.15) is 0 Å². The summed E-state index contributed by atoms with van der Waals surface area (Å²) >= 11 is 1.08. The molecule has 6 heteroatoms. The van der Waals surface area contributed by atoms with Crippen LogP contribution in [0.25, 0.3) is 11.0 Å². The Bertz CT molecular complexity index is 812. The zero-order chi connectivity index (χ0) is 16.2. The summed E-state index contributed by atoms with van der Waals surface area (Å²) in [5.41, 5.74) is 0.731. The molecule has 0 bridgehead atoms. The van der Waals surface area contributed by atoms with Gasteiger partial charge in [0.15, 0.2) is 11.6 Å². The summed E-state index contributed by atoms with van der Waals surface area (Å²) in [5.74, 6) is -1.75. The lowest BCUT2D eigenvalue weighted by atomic mass is 10.2. The van der Waals surface area contributed by atoms with E-state index in [0.29, 0.717) is 10.7 Å². The molecule has 0 aliphatic heterocycles. The number of thioether (sulfide) groups is 1. The van der Waals surface area contributed by atoms with Crippen molar-refractivity contribution in [1.29, 1.82) is 0 Å². The van der Waals surface area contributed by atoms with E-state index in [2.05, 4.69) is 0 Å². The number of hydrogen-bond donors (Lipinski definition) is 0. The standard InChI is InChI=1S/C17H12F2O3S/c18-14-6-5-13(8-15(14)19)23-10-17(20)21-9-12-7-11-3-1-2-4-16(11)22-12/h1-8H,9-10H2. The molecule has 3 rings (SSSR count). The molecular weight excluding hydrogens is 322 g/mol. The van der Waals surface area contributed by atoms with Crippen molar-refractivity contribution in [2.45, 2.75) is 11.5 Å². The molecule has 118 valence electrons. The Labute approximate surface area is 135 Å². The molecule has 3 nitrogen and oxygen atoms in total. The highest BCUT2D eigenvalue weighted by Crippen LogP contribution is 2.22. The van der Waals surface area contributed by atoms with Crippen molar-refractivity contribution in [3.8, 4) is 0 Å². The number of rotatable bonds is 5. The number of hydrogen-bond acceptors (Lipinski definition) is 4. The van der Waals surface area contributed by atoms with Crippen LogP contribution in [0.5, 0.6) is 0 Å². The number of esters is 1. The maximum Gasteiger partial charge on any atom is 0.316 e. The van der Waals surface area contributed by atoms with Crippen molar-refractivity contribution in [2.24, 2.45) is 0 Å². The smallest absolute Gasteiger partial charge is 0.316 e. The van der Waals surface area contributed by atoms with Gasteiger partial charge in [0.2, 0.25) is 0 Å². The predicted molar refractivity (Wildman–Crippen MR) is 83.1 cm³/mol.